The molecule has 3 rings (SSSR count). The van der Waals surface area contributed by atoms with Crippen molar-refractivity contribution in [2.24, 2.45) is 5.92 Å². The molecule has 0 aromatic heterocycles. The second-order valence-corrected chi connectivity index (χ2v) is 6.87. The Morgan fingerprint density at radius 1 is 1.11 bits per heavy atom. The smallest absolute Gasteiger partial charge is 0.309 e. The van der Waals surface area contributed by atoms with Crippen molar-refractivity contribution in [2.45, 2.75) is 25.8 Å². The standard InChI is InChI=1S/C22H25FN2O3/c1-2-28-22(27)17-12-14-25(15-13-17)20(16-6-4-3-5-7-16)21(26)24-19-10-8-18(23)9-11-19/h3-11,17,20H,2,12-15H2,1H3,(H,24,26)/t20-/m0/s1. The van der Waals surface area contributed by atoms with E-state index in [-0.39, 0.29) is 23.6 Å². The quantitative estimate of drug-likeness (QED) is 0.770. The van der Waals surface area contributed by atoms with E-state index in [0.29, 0.717) is 38.2 Å². The first-order chi connectivity index (χ1) is 13.6. The van der Waals surface area contributed by atoms with Gasteiger partial charge in [0, 0.05) is 18.8 Å². The SMILES string of the molecule is CCOC(=O)C1CCN([C@H](C(=O)Nc2ccc(F)cc2)c2ccccc2)CC1. The molecule has 1 aliphatic rings. The minimum Gasteiger partial charge on any atom is -0.466 e. The molecule has 0 radical (unpaired) electrons. The van der Waals surface area contributed by atoms with Crippen LogP contribution in [-0.2, 0) is 14.3 Å². The molecule has 6 heteroatoms. The Bertz CT molecular complexity index is 787. The van der Waals surface area contributed by atoms with E-state index in [0.717, 1.165) is 5.56 Å². The van der Waals surface area contributed by atoms with E-state index >= 15 is 0 Å². The zero-order valence-electron chi connectivity index (χ0n) is 15.9. The summed E-state index contributed by atoms with van der Waals surface area (Å²) in [5.41, 5.74) is 1.44. The zero-order valence-corrected chi connectivity index (χ0v) is 15.9. The third-order valence-corrected chi connectivity index (χ3v) is 4.99. The van der Waals surface area contributed by atoms with Crippen molar-refractivity contribution >= 4 is 17.6 Å². The second-order valence-electron chi connectivity index (χ2n) is 6.87. The number of carbonyl (C=O) groups excluding carboxylic acids is 2. The molecule has 1 amide bonds. The van der Waals surface area contributed by atoms with E-state index < -0.39 is 6.04 Å². The lowest BCUT2D eigenvalue weighted by molar-refractivity contribution is -0.149. The number of nitrogens with zero attached hydrogens (tertiary/aromatic N) is 1. The van der Waals surface area contributed by atoms with Crippen molar-refractivity contribution in [1.29, 1.82) is 0 Å². The van der Waals surface area contributed by atoms with E-state index in [1.165, 1.54) is 12.1 Å². The monoisotopic (exact) mass is 384 g/mol. The van der Waals surface area contributed by atoms with Gasteiger partial charge in [-0.1, -0.05) is 30.3 Å². The minimum absolute atomic E-state index is 0.118. The number of benzene rings is 2. The Hall–Kier alpha value is -2.73. The molecule has 1 aliphatic heterocycles. The first kappa shape index (κ1) is 20.0. The highest BCUT2D eigenvalue weighted by molar-refractivity contribution is 5.95. The summed E-state index contributed by atoms with van der Waals surface area (Å²) in [4.78, 5) is 27.2. The molecule has 28 heavy (non-hydrogen) atoms. The molecule has 0 unspecified atom stereocenters. The molecule has 2 aromatic rings. The van der Waals surface area contributed by atoms with Gasteiger partial charge in [-0.05, 0) is 49.6 Å². The predicted molar refractivity (Wildman–Crippen MR) is 105 cm³/mol. The predicted octanol–water partition coefficient (Wildman–Crippen LogP) is 3.78. The molecule has 1 N–H and O–H groups in total. The molecule has 0 bridgehead atoms. The van der Waals surface area contributed by atoms with Gasteiger partial charge in [0.15, 0.2) is 0 Å². The van der Waals surface area contributed by atoms with Gasteiger partial charge >= 0.3 is 5.97 Å². The van der Waals surface area contributed by atoms with Crippen molar-refractivity contribution in [1.82, 2.24) is 4.90 Å². The molecule has 148 valence electrons. The van der Waals surface area contributed by atoms with Crippen LogP contribution in [0.2, 0.25) is 0 Å². The van der Waals surface area contributed by atoms with E-state index in [9.17, 15) is 14.0 Å². The first-order valence-corrected chi connectivity index (χ1v) is 9.60. The van der Waals surface area contributed by atoms with Gasteiger partial charge < -0.3 is 10.1 Å². The van der Waals surface area contributed by atoms with E-state index in [1.807, 2.05) is 30.3 Å². The highest BCUT2D eigenvalue weighted by Gasteiger charge is 2.33. The average Bonchev–Trinajstić information content (AvgIpc) is 2.71. The summed E-state index contributed by atoms with van der Waals surface area (Å²) >= 11 is 0. The molecule has 1 fully saturated rings. The lowest BCUT2D eigenvalue weighted by atomic mass is 9.94. The van der Waals surface area contributed by atoms with Crippen molar-refractivity contribution in [3.8, 4) is 0 Å². The van der Waals surface area contributed by atoms with Gasteiger partial charge in [-0.15, -0.1) is 0 Å². The molecular weight excluding hydrogens is 359 g/mol. The number of halogens is 1. The number of esters is 1. The summed E-state index contributed by atoms with van der Waals surface area (Å²) in [6.07, 6.45) is 1.32. The van der Waals surface area contributed by atoms with Crippen LogP contribution in [0.15, 0.2) is 54.6 Å². The number of amides is 1. The van der Waals surface area contributed by atoms with Crippen LogP contribution >= 0.6 is 0 Å². The summed E-state index contributed by atoms with van der Waals surface area (Å²) in [7, 11) is 0. The molecule has 2 aromatic carbocycles. The van der Waals surface area contributed by atoms with Crippen molar-refractivity contribution in [3.05, 3.63) is 66.0 Å². The summed E-state index contributed by atoms with van der Waals surface area (Å²) in [5, 5.41) is 2.88. The lowest BCUT2D eigenvalue weighted by Crippen LogP contribution is -2.43. The van der Waals surface area contributed by atoms with Crippen molar-refractivity contribution < 1.29 is 18.7 Å². The number of ether oxygens (including phenoxy) is 1. The Labute approximate surface area is 164 Å². The number of hydrogen-bond acceptors (Lipinski definition) is 4. The highest BCUT2D eigenvalue weighted by Crippen LogP contribution is 2.29. The largest absolute Gasteiger partial charge is 0.466 e. The van der Waals surface area contributed by atoms with Gasteiger partial charge in [0.1, 0.15) is 11.9 Å². The second kappa shape index (κ2) is 9.46. The van der Waals surface area contributed by atoms with E-state index in [1.54, 1.807) is 19.1 Å². The van der Waals surface area contributed by atoms with Crippen LogP contribution in [-0.4, -0.2) is 36.5 Å². The first-order valence-electron chi connectivity index (χ1n) is 9.60. The number of carbonyl (C=O) groups is 2. The van der Waals surface area contributed by atoms with Crippen LogP contribution < -0.4 is 5.32 Å². The molecule has 1 saturated heterocycles. The number of nitrogens with one attached hydrogen (secondary N) is 1. The van der Waals surface area contributed by atoms with Crippen LogP contribution in [0.1, 0.15) is 31.4 Å². The van der Waals surface area contributed by atoms with Gasteiger partial charge in [0.2, 0.25) is 5.91 Å². The summed E-state index contributed by atoms with van der Waals surface area (Å²) in [5.74, 6) is -0.798. The minimum atomic E-state index is -0.477. The number of rotatable bonds is 6. The summed E-state index contributed by atoms with van der Waals surface area (Å²) in [6.45, 7) is 3.43. The van der Waals surface area contributed by atoms with Gasteiger partial charge in [0.05, 0.1) is 12.5 Å². The molecular formula is C22H25FN2O3. The van der Waals surface area contributed by atoms with Gasteiger partial charge in [0.25, 0.3) is 0 Å². The number of piperidine rings is 1. The maximum Gasteiger partial charge on any atom is 0.309 e. The number of hydrogen-bond donors (Lipinski definition) is 1. The Kier molecular flexibility index (Phi) is 6.76. The Morgan fingerprint density at radius 2 is 1.75 bits per heavy atom. The average molecular weight is 384 g/mol. The fourth-order valence-electron chi connectivity index (χ4n) is 3.56. The molecule has 0 spiro atoms. The van der Waals surface area contributed by atoms with Crippen LogP contribution in [0, 0.1) is 11.7 Å². The molecule has 1 heterocycles. The molecule has 1 atom stereocenters. The third kappa shape index (κ3) is 4.95. The topological polar surface area (TPSA) is 58.6 Å². The Morgan fingerprint density at radius 3 is 2.36 bits per heavy atom. The van der Waals surface area contributed by atoms with Crippen LogP contribution in [0.4, 0.5) is 10.1 Å². The van der Waals surface area contributed by atoms with Gasteiger partial charge in [-0.3, -0.25) is 14.5 Å². The van der Waals surface area contributed by atoms with E-state index in [4.69, 9.17) is 4.74 Å². The number of anilines is 1. The van der Waals surface area contributed by atoms with Crippen LogP contribution in [0.3, 0.4) is 0 Å². The zero-order chi connectivity index (χ0) is 19.9. The van der Waals surface area contributed by atoms with Crippen LogP contribution in [0.25, 0.3) is 0 Å². The molecule has 0 saturated carbocycles. The summed E-state index contributed by atoms with van der Waals surface area (Å²) < 4.78 is 18.3. The third-order valence-electron chi connectivity index (χ3n) is 4.99. The van der Waals surface area contributed by atoms with Crippen molar-refractivity contribution in [2.75, 3.05) is 25.0 Å². The Balaban J connectivity index is 1.74. The van der Waals surface area contributed by atoms with Gasteiger partial charge in [-0.2, -0.15) is 0 Å². The fourth-order valence-corrected chi connectivity index (χ4v) is 3.56. The lowest BCUT2D eigenvalue weighted by Gasteiger charge is -2.36. The van der Waals surface area contributed by atoms with Gasteiger partial charge in [-0.25, -0.2) is 4.39 Å². The maximum atomic E-state index is 13.1. The normalized spacial score (nSPS) is 16.4. The maximum absolute atomic E-state index is 13.1. The molecule has 0 aliphatic carbocycles. The van der Waals surface area contributed by atoms with E-state index in [2.05, 4.69) is 10.2 Å². The highest BCUT2D eigenvalue weighted by atomic mass is 19.1. The summed E-state index contributed by atoms with van der Waals surface area (Å²) in [6, 6.07) is 14.8. The molecule has 5 nitrogen and oxygen atoms in total. The van der Waals surface area contributed by atoms with Crippen molar-refractivity contribution in [3.63, 3.8) is 0 Å². The number of likely N-dealkylation sites (tertiary alicyclic amines) is 1. The fraction of sp³-hybridized carbons (Fsp3) is 0.364. The van der Waals surface area contributed by atoms with Crippen LogP contribution in [0.5, 0.6) is 0 Å².